The number of ether oxygens (including phenoxy) is 2. The third-order valence-corrected chi connectivity index (χ3v) is 8.16. The topological polar surface area (TPSA) is 89.9 Å². The number of methoxy groups -OCH3 is 1. The van der Waals surface area contributed by atoms with Crippen molar-refractivity contribution in [3.8, 4) is 11.4 Å². The first kappa shape index (κ1) is 25.0. The van der Waals surface area contributed by atoms with Crippen LogP contribution in [0.2, 0.25) is 0 Å². The first-order valence-electron chi connectivity index (χ1n) is 11.5. The quantitative estimate of drug-likeness (QED) is 0.476. The highest BCUT2D eigenvalue weighted by Crippen LogP contribution is 2.31. The third kappa shape index (κ3) is 4.98. The standard InChI is InChI=1S/C26H31N3O5S/c1-18-16-23(20(3)29(18)22-8-6-5-7-9-22)26(30)19(2)27-21-10-11-24(33-4)25(17-21)35(31,32)28-12-14-34-15-13-28/h5-11,16-17,19,27H,12-15H2,1-4H3. The second-order valence-corrected chi connectivity index (χ2v) is 10.5. The van der Waals surface area contributed by atoms with Crippen LogP contribution in [0.1, 0.15) is 28.7 Å². The van der Waals surface area contributed by atoms with Crippen molar-refractivity contribution in [1.82, 2.24) is 8.87 Å². The number of carbonyl (C=O) groups excluding carboxylic acids is 1. The number of nitrogens with zero attached hydrogens (tertiary/aromatic N) is 2. The maximum Gasteiger partial charge on any atom is 0.246 e. The number of nitrogens with one attached hydrogen (secondary N) is 1. The highest BCUT2D eigenvalue weighted by atomic mass is 32.2. The van der Waals surface area contributed by atoms with Gasteiger partial charge in [-0.2, -0.15) is 4.31 Å². The molecule has 0 spiro atoms. The molecule has 1 N–H and O–H groups in total. The fourth-order valence-electron chi connectivity index (χ4n) is 4.43. The third-order valence-electron chi connectivity index (χ3n) is 6.24. The summed E-state index contributed by atoms with van der Waals surface area (Å²) in [6.07, 6.45) is 0. The van der Waals surface area contributed by atoms with Gasteiger partial charge in [-0.1, -0.05) is 18.2 Å². The Kier molecular flexibility index (Phi) is 7.30. The lowest BCUT2D eigenvalue weighted by atomic mass is 10.1. The van der Waals surface area contributed by atoms with E-state index in [-0.39, 0.29) is 29.5 Å². The second kappa shape index (κ2) is 10.2. The number of benzene rings is 2. The van der Waals surface area contributed by atoms with Gasteiger partial charge in [-0.25, -0.2) is 8.42 Å². The first-order chi connectivity index (χ1) is 16.7. The molecule has 0 radical (unpaired) electrons. The Morgan fingerprint density at radius 2 is 1.74 bits per heavy atom. The van der Waals surface area contributed by atoms with Crippen molar-refractivity contribution in [2.75, 3.05) is 38.7 Å². The Morgan fingerprint density at radius 3 is 2.40 bits per heavy atom. The van der Waals surface area contributed by atoms with Gasteiger partial charge in [0.1, 0.15) is 10.6 Å². The lowest BCUT2D eigenvalue weighted by Gasteiger charge is -2.27. The zero-order valence-electron chi connectivity index (χ0n) is 20.4. The molecular formula is C26H31N3O5S. The van der Waals surface area contributed by atoms with Crippen LogP contribution in [-0.2, 0) is 14.8 Å². The monoisotopic (exact) mass is 497 g/mol. The van der Waals surface area contributed by atoms with Crippen molar-refractivity contribution in [3.05, 3.63) is 71.5 Å². The van der Waals surface area contributed by atoms with Crippen LogP contribution in [0, 0.1) is 13.8 Å². The molecule has 4 rings (SSSR count). The van der Waals surface area contributed by atoms with Gasteiger partial charge in [0.15, 0.2) is 5.78 Å². The predicted molar refractivity (Wildman–Crippen MR) is 135 cm³/mol. The van der Waals surface area contributed by atoms with E-state index in [0.29, 0.717) is 24.5 Å². The van der Waals surface area contributed by atoms with Crippen LogP contribution in [0.5, 0.6) is 5.75 Å². The Hall–Kier alpha value is -3.14. The molecule has 1 aliphatic rings. The summed E-state index contributed by atoms with van der Waals surface area (Å²) in [6, 6.07) is 16.1. The number of para-hydroxylation sites is 1. The molecule has 2 heterocycles. The lowest BCUT2D eigenvalue weighted by molar-refractivity contribution is 0.0729. The van der Waals surface area contributed by atoms with Gasteiger partial charge in [0, 0.05) is 41.4 Å². The summed E-state index contributed by atoms with van der Waals surface area (Å²) >= 11 is 0. The molecule has 2 aromatic carbocycles. The van der Waals surface area contributed by atoms with E-state index in [1.165, 1.54) is 17.5 Å². The number of hydrogen-bond acceptors (Lipinski definition) is 6. The normalized spacial score (nSPS) is 15.5. The van der Waals surface area contributed by atoms with Crippen LogP contribution in [0.25, 0.3) is 5.69 Å². The number of morpholine rings is 1. The molecule has 0 saturated carbocycles. The maximum absolute atomic E-state index is 13.4. The molecule has 3 aromatic rings. The van der Waals surface area contributed by atoms with Crippen molar-refractivity contribution in [3.63, 3.8) is 0 Å². The molecule has 1 atom stereocenters. The largest absolute Gasteiger partial charge is 0.495 e. The summed E-state index contributed by atoms with van der Waals surface area (Å²) in [4.78, 5) is 13.4. The molecule has 1 aromatic heterocycles. The number of aryl methyl sites for hydroxylation is 1. The number of ketones is 1. The number of hydrogen-bond donors (Lipinski definition) is 1. The van der Waals surface area contributed by atoms with Crippen molar-refractivity contribution in [1.29, 1.82) is 0 Å². The second-order valence-electron chi connectivity index (χ2n) is 8.57. The molecule has 9 heteroatoms. The molecule has 35 heavy (non-hydrogen) atoms. The van der Waals surface area contributed by atoms with Gasteiger partial charge in [-0.05, 0) is 57.2 Å². The fraction of sp³-hybridized carbons (Fsp3) is 0.346. The molecule has 0 bridgehead atoms. The first-order valence-corrected chi connectivity index (χ1v) is 13.0. The Labute approximate surface area is 206 Å². The van der Waals surface area contributed by atoms with Gasteiger partial charge in [-0.3, -0.25) is 4.79 Å². The highest BCUT2D eigenvalue weighted by molar-refractivity contribution is 7.89. The van der Waals surface area contributed by atoms with Crippen LogP contribution >= 0.6 is 0 Å². The zero-order chi connectivity index (χ0) is 25.2. The Morgan fingerprint density at radius 1 is 1.06 bits per heavy atom. The number of anilines is 1. The maximum atomic E-state index is 13.4. The minimum Gasteiger partial charge on any atom is -0.495 e. The molecule has 0 amide bonds. The van der Waals surface area contributed by atoms with Gasteiger partial charge in [0.25, 0.3) is 0 Å². The zero-order valence-corrected chi connectivity index (χ0v) is 21.3. The summed E-state index contributed by atoms with van der Waals surface area (Å²) in [5.74, 6) is 0.182. The van der Waals surface area contributed by atoms with E-state index in [1.807, 2.05) is 50.2 Å². The van der Waals surface area contributed by atoms with E-state index in [2.05, 4.69) is 9.88 Å². The van der Waals surface area contributed by atoms with Crippen molar-refractivity contribution < 1.29 is 22.7 Å². The number of aromatic nitrogens is 1. The number of rotatable bonds is 8. The van der Waals surface area contributed by atoms with Crippen molar-refractivity contribution in [2.45, 2.75) is 31.7 Å². The highest BCUT2D eigenvalue weighted by Gasteiger charge is 2.30. The van der Waals surface area contributed by atoms with E-state index in [4.69, 9.17) is 9.47 Å². The van der Waals surface area contributed by atoms with Gasteiger partial charge in [-0.15, -0.1) is 0 Å². The molecule has 1 saturated heterocycles. The van der Waals surface area contributed by atoms with Gasteiger partial charge in [0.05, 0.1) is 26.4 Å². The molecular weight excluding hydrogens is 466 g/mol. The van der Waals surface area contributed by atoms with Crippen LogP contribution in [0.3, 0.4) is 0 Å². The van der Waals surface area contributed by atoms with Gasteiger partial charge in [0.2, 0.25) is 10.0 Å². The van der Waals surface area contributed by atoms with Crippen molar-refractivity contribution >= 4 is 21.5 Å². The predicted octanol–water partition coefficient (Wildman–Crippen LogP) is 3.81. The van der Waals surface area contributed by atoms with E-state index in [9.17, 15) is 13.2 Å². The van der Waals surface area contributed by atoms with Gasteiger partial charge >= 0.3 is 0 Å². The molecule has 1 unspecified atom stereocenters. The summed E-state index contributed by atoms with van der Waals surface area (Å²) in [5, 5.41) is 3.18. The molecule has 0 aliphatic carbocycles. The summed E-state index contributed by atoms with van der Waals surface area (Å²) in [5.41, 5.74) is 3.97. The molecule has 1 aliphatic heterocycles. The minimum absolute atomic E-state index is 0.0637. The summed E-state index contributed by atoms with van der Waals surface area (Å²) in [6.45, 7) is 6.96. The van der Waals surface area contributed by atoms with E-state index in [1.54, 1.807) is 19.1 Å². The van der Waals surface area contributed by atoms with Crippen LogP contribution in [0.4, 0.5) is 5.69 Å². The number of sulfonamides is 1. The van der Waals surface area contributed by atoms with Crippen LogP contribution < -0.4 is 10.1 Å². The molecule has 8 nitrogen and oxygen atoms in total. The van der Waals surface area contributed by atoms with Gasteiger partial charge < -0.3 is 19.4 Å². The Balaban J connectivity index is 1.59. The SMILES string of the molecule is COc1ccc(NC(C)C(=O)c2cc(C)n(-c3ccccc3)c2C)cc1S(=O)(=O)N1CCOCC1. The van der Waals surface area contributed by atoms with E-state index >= 15 is 0 Å². The minimum atomic E-state index is -3.78. The Bertz CT molecular complexity index is 1310. The van der Waals surface area contributed by atoms with Crippen molar-refractivity contribution in [2.24, 2.45) is 0 Å². The fourth-order valence-corrected chi connectivity index (χ4v) is 6.02. The average molecular weight is 498 g/mol. The smallest absolute Gasteiger partial charge is 0.246 e. The summed E-state index contributed by atoms with van der Waals surface area (Å²) in [7, 11) is -2.34. The average Bonchev–Trinajstić information content (AvgIpc) is 3.18. The lowest BCUT2D eigenvalue weighted by Crippen LogP contribution is -2.40. The van der Waals surface area contributed by atoms with E-state index < -0.39 is 16.1 Å². The van der Waals surface area contributed by atoms with E-state index in [0.717, 1.165) is 17.1 Å². The summed E-state index contributed by atoms with van der Waals surface area (Å²) < 4.78 is 40.6. The number of carbonyl (C=O) groups is 1. The van der Waals surface area contributed by atoms with Crippen LogP contribution in [-0.4, -0.2) is 62.5 Å². The molecule has 1 fully saturated rings. The molecule has 186 valence electrons. The number of Topliss-reactive ketones (excluding diaryl/α,β-unsaturated/α-hetero) is 1. The van der Waals surface area contributed by atoms with Crippen LogP contribution in [0.15, 0.2) is 59.5 Å².